The fourth-order valence-electron chi connectivity index (χ4n) is 2.88. The first-order chi connectivity index (χ1) is 9.74. The van der Waals surface area contributed by atoms with Crippen LogP contribution in [0.1, 0.15) is 38.4 Å². The van der Waals surface area contributed by atoms with E-state index < -0.39 is 0 Å². The zero-order chi connectivity index (χ0) is 13.9. The van der Waals surface area contributed by atoms with Gasteiger partial charge in [-0.1, -0.05) is 6.92 Å². The molecule has 2 heterocycles. The number of hydrogen-bond acceptors (Lipinski definition) is 4. The molecule has 3 rings (SSSR count). The van der Waals surface area contributed by atoms with Gasteiger partial charge in [0.15, 0.2) is 0 Å². The molecule has 1 aromatic rings. The van der Waals surface area contributed by atoms with Gasteiger partial charge in [-0.25, -0.2) is 4.98 Å². The van der Waals surface area contributed by atoms with Crippen LogP contribution in [0.25, 0.3) is 0 Å². The van der Waals surface area contributed by atoms with Crippen LogP contribution in [0.3, 0.4) is 0 Å². The summed E-state index contributed by atoms with van der Waals surface area (Å²) in [7, 11) is 0. The molecule has 0 spiro atoms. The van der Waals surface area contributed by atoms with Gasteiger partial charge in [-0.05, 0) is 38.1 Å². The van der Waals surface area contributed by atoms with Crippen LogP contribution < -0.4 is 15.8 Å². The lowest BCUT2D eigenvalue weighted by molar-refractivity contribution is 0.389. The summed E-state index contributed by atoms with van der Waals surface area (Å²) < 4.78 is 0. The van der Waals surface area contributed by atoms with Crippen LogP contribution in [-0.4, -0.2) is 35.6 Å². The van der Waals surface area contributed by atoms with Crippen molar-refractivity contribution in [2.24, 2.45) is 5.92 Å². The second-order valence-electron chi connectivity index (χ2n) is 6.04. The Morgan fingerprint density at radius 3 is 3.05 bits per heavy atom. The molecule has 1 saturated carbocycles. The molecule has 0 amide bonds. The highest BCUT2D eigenvalue weighted by molar-refractivity contribution is 5.38. The highest BCUT2D eigenvalue weighted by Crippen LogP contribution is 2.23. The van der Waals surface area contributed by atoms with Crippen LogP contribution in [0, 0.1) is 5.92 Å². The molecule has 1 atom stereocenters. The van der Waals surface area contributed by atoms with E-state index in [4.69, 9.17) is 0 Å². The number of nitrogens with one attached hydrogen (secondary N) is 2. The third-order valence-electron chi connectivity index (χ3n) is 4.23. The number of hydrogen-bond donors (Lipinski definition) is 2. The highest BCUT2D eigenvalue weighted by atomic mass is 16.1. The highest BCUT2D eigenvalue weighted by Gasteiger charge is 2.25. The van der Waals surface area contributed by atoms with Gasteiger partial charge in [-0.3, -0.25) is 4.79 Å². The van der Waals surface area contributed by atoms with Crippen LogP contribution in [-0.2, 0) is 6.42 Å². The average molecular weight is 276 g/mol. The quantitative estimate of drug-likeness (QED) is 0.851. The molecule has 2 fully saturated rings. The van der Waals surface area contributed by atoms with Crippen LogP contribution in [0.5, 0.6) is 0 Å². The van der Waals surface area contributed by atoms with Crippen molar-refractivity contribution in [1.82, 2.24) is 15.3 Å². The fraction of sp³-hybridized carbons (Fsp3) is 0.733. The molecule has 0 bridgehead atoms. The molecule has 1 aliphatic carbocycles. The lowest BCUT2D eigenvalue weighted by atomic mass is 9.98. The summed E-state index contributed by atoms with van der Waals surface area (Å²) in [6, 6.07) is 2.41. The maximum atomic E-state index is 11.7. The Bertz CT molecular complexity index is 509. The van der Waals surface area contributed by atoms with Gasteiger partial charge in [0.25, 0.3) is 5.56 Å². The molecule has 5 heteroatoms. The largest absolute Gasteiger partial charge is 0.356 e. The standard InChI is InChI=1S/C15H24N4O/c1-2-13-17-14(8-15(20)18-13)19-7-3-4-11(10-19)9-16-12-5-6-12/h8,11-12,16H,2-7,9-10H2,1H3,(H,17,18,20). The number of rotatable bonds is 5. The fourth-order valence-corrected chi connectivity index (χ4v) is 2.88. The summed E-state index contributed by atoms with van der Waals surface area (Å²) in [5, 5.41) is 3.62. The Kier molecular flexibility index (Phi) is 4.05. The topological polar surface area (TPSA) is 61.0 Å². The normalized spacial score (nSPS) is 23.1. The number of nitrogens with zero attached hydrogens (tertiary/aromatic N) is 2. The van der Waals surface area contributed by atoms with Crippen molar-refractivity contribution in [1.29, 1.82) is 0 Å². The predicted octanol–water partition coefficient (Wildman–Crippen LogP) is 1.30. The molecule has 2 N–H and O–H groups in total. The Morgan fingerprint density at radius 1 is 1.45 bits per heavy atom. The molecule has 1 aromatic heterocycles. The Labute approximate surface area is 119 Å². The van der Waals surface area contributed by atoms with Crippen molar-refractivity contribution in [2.75, 3.05) is 24.5 Å². The minimum Gasteiger partial charge on any atom is -0.356 e. The van der Waals surface area contributed by atoms with Crippen LogP contribution in [0.4, 0.5) is 5.82 Å². The third-order valence-corrected chi connectivity index (χ3v) is 4.23. The molecule has 2 aliphatic rings. The average Bonchev–Trinajstić information content (AvgIpc) is 3.29. The molecule has 0 radical (unpaired) electrons. The summed E-state index contributed by atoms with van der Waals surface area (Å²) in [6.45, 7) is 5.14. The van der Waals surface area contributed by atoms with Gasteiger partial charge >= 0.3 is 0 Å². The van der Waals surface area contributed by atoms with Gasteiger partial charge in [-0.2, -0.15) is 0 Å². The van der Waals surface area contributed by atoms with E-state index in [1.165, 1.54) is 25.7 Å². The molecule has 110 valence electrons. The zero-order valence-electron chi connectivity index (χ0n) is 12.2. The van der Waals surface area contributed by atoms with E-state index in [0.29, 0.717) is 5.92 Å². The van der Waals surface area contributed by atoms with E-state index in [2.05, 4.69) is 20.2 Å². The number of H-pyrrole nitrogens is 1. The van der Waals surface area contributed by atoms with Gasteiger partial charge in [-0.15, -0.1) is 0 Å². The van der Waals surface area contributed by atoms with Crippen molar-refractivity contribution >= 4 is 5.82 Å². The summed E-state index contributed by atoms with van der Waals surface area (Å²) in [5.41, 5.74) is -0.0370. The second kappa shape index (κ2) is 5.95. The lowest BCUT2D eigenvalue weighted by Gasteiger charge is -2.33. The van der Waals surface area contributed by atoms with E-state index in [0.717, 1.165) is 43.7 Å². The first-order valence-electron chi connectivity index (χ1n) is 7.83. The summed E-state index contributed by atoms with van der Waals surface area (Å²) in [5.74, 6) is 2.31. The summed E-state index contributed by atoms with van der Waals surface area (Å²) in [4.78, 5) is 21.3. The predicted molar refractivity (Wildman–Crippen MR) is 80.2 cm³/mol. The van der Waals surface area contributed by atoms with Crippen molar-refractivity contribution in [3.8, 4) is 0 Å². The SMILES string of the molecule is CCc1nc(N2CCCC(CNC3CC3)C2)cc(=O)[nH]1. The van der Waals surface area contributed by atoms with E-state index in [1.54, 1.807) is 6.07 Å². The number of aryl methyl sites for hydroxylation is 1. The van der Waals surface area contributed by atoms with Gasteiger partial charge in [0.1, 0.15) is 11.6 Å². The maximum absolute atomic E-state index is 11.7. The van der Waals surface area contributed by atoms with Crippen molar-refractivity contribution in [3.63, 3.8) is 0 Å². The van der Waals surface area contributed by atoms with E-state index in [-0.39, 0.29) is 5.56 Å². The Hall–Kier alpha value is -1.36. The smallest absolute Gasteiger partial charge is 0.252 e. The van der Waals surface area contributed by atoms with Crippen LogP contribution >= 0.6 is 0 Å². The van der Waals surface area contributed by atoms with Gasteiger partial charge < -0.3 is 15.2 Å². The Balaban J connectivity index is 1.65. The summed E-state index contributed by atoms with van der Waals surface area (Å²) in [6.07, 6.45) is 5.91. The second-order valence-corrected chi connectivity index (χ2v) is 6.04. The molecular formula is C15H24N4O. The molecule has 5 nitrogen and oxygen atoms in total. The van der Waals surface area contributed by atoms with Gasteiger partial charge in [0.2, 0.25) is 0 Å². The van der Waals surface area contributed by atoms with Crippen LogP contribution in [0.15, 0.2) is 10.9 Å². The molecule has 1 saturated heterocycles. The van der Waals surface area contributed by atoms with Gasteiger partial charge in [0.05, 0.1) is 0 Å². The van der Waals surface area contributed by atoms with E-state index in [1.807, 2.05) is 6.92 Å². The first-order valence-corrected chi connectivity index (χ1v) is 7.83. The third kappa shape index (κ3) is 3.39. The molecule has 0 aromatic carbocycles. The number of piperidine rings is 1. The molecule has 1 unspecified atom stereocenters. The zero-order valence-corrected chi connectivity index (χ0v) is 12.2. The summed E-state index contributed by atoms with van der Waals surface area (Å²) >= 11 is 0. The minimum atomic E-state index is -0.0370. The maximum Gasteiger partial charge on any atom is 0.252 e. The molecular weight excluding hydrogens is 252 g/mol. The van der Waals surface area contributed by atoms with Crippen LogP contribution in [0.2, 0.25) is 0 Å². The van der Waals surface area contributed by atoms with E-state index in [9.17, 15) is 4.79 Å². The molecule has 1 aliphatic heterocycles. The Morgan fingerprint density at radius 2 is 2.30 bits per heavy atom. The van der Waals surface area contributed by atoms with Crippen molar-refractivity contribution in [3.05, 3.63) is 22.2 Å². The first kappa shape index (κ1) is 13.6. The number of aromatic amines is 1. The van der Waals surface area contributed by atoms with E-state index >= 15 is 0 Å². The minimum absolute atomic E-state index is 0.0370. The monoisotopic (exact) mass is 276 g/mol. The lowest BCUT2D eigenvalue weighted by Crippen LogP contribution is -2.41. The van der Waals surface area contributed by atoms with Crippen molar-refractivity contribution < 1.29 is 0 Å². The molecule has 20 heavy (non-hydrogen) atoms. The number of anilines is 1. The van der Waals surface area contributed by atoms with Crippen molar-refractivity contribution in [2.45, 2.75) is 45.1 Å². The van der Waals surface area contributed by atoms with Gasteiger partial charge in [0, 0.05) is 31.6 Å². The number of aromatic nitrogens is 2.